The zero-order valence-corrected chi connectivity index (χ0v) is 17.9. The summed E-state index contributed by atoms with van der Waals surface area (Å²) >= 11 is 0. The van der Waals surface area contributed by atoms with Crippen LogP contribution < -0.4 is 4.74 Å². The van der Waals surface area contributed by atoms with Gasteiger partial charge >= 0.3 is 0 Å². The number of para-hydroxylation sites is 1. The van der Waals surface area contributed by atoms with Crippen molar-refractivity contribution in [2.45, 2.75) is 64.3 Å². The van der Waals surface area contributed by atoms with Crippen LogP contribution in [0.2, 0.25) is 0 Å². The number of fused-ring (bicyclic) bond motifs is 1. The molecule has 1 saturated carbocycles. The van der Waals surface area contributed by atoms with E-state index in [1.807, 2.05) is 17.0 Å². The van der Waals surface area contributed by atoms with E-state index in [9.17, 15) is 4.79 Å². The zero-order valence-electron chi connectivity index (χ0n) is 17.9. The van der Waals surface area contributed by atoms with Gasteiger partial charge in [-0.25, -0.2) is 0 Å². The molecule has 154 valence electrons. The molecule has 2 aromatic rings. The predicted octanol–water partition coefficient (Wildman–Crippen LogP) is 4.55. The van der Waals surface area contributed by atoms with Gasteiger partial charge in [-0.1, -0.05) is 48.0 Å². The van der Waals surface area contributed by atoms with Crippen LogP contribution in [0.1, 0.15) is 49.3 Å². The maximum atomic E-state index is 12.3. The number of carbonyl (C=O) groups excluding carboxylic acids is 1. The Balaban J connectivity index is 1.46. The van der Waals surface area contributed by atoms with Crippen molar-refractivity contribution in [1.29, 1.82) is 0 Å². The number of rotatable bonds is 3. The van der Waals surface area contributed by atoms with Gasteiger partial charge in [0.2, 0.25) is 5.91 Å². The normalized spacial score (nSPS) is 24.1. The molecular formula is C25H32N2O2. The van der Waals surface area contributed by atoms with Crippen LogP contribution in [0.15, 0.2) is 48.5 Å². The monoisotopic (exact) mass is 392 g/mol. The fraction of sp³-hybridized carbons (Fsp3) is 0.480. The lowest BCUT2D eigenvalue weighted by Gasteiger charge is -2.43. The van der Waals surface area contributed by atoms with Crippen LogP contribution >= 0.6 is 0 Å². The second-order valence-electron chi connectivity index (χ2n) is 8.90. The van der Waals surface area contributed by atoms with Crippen LogP contribution in [0.3, 0.4) is 0 Å². The van der Waals surface area contributed by atoms with Crippen molar-refractivity contribution >= 4 is 5.91 Å². The fourth-order valence-electron chi connectivity index (χ4n) is 4.89. The second-order valence-corrected chi connectivity index (χ2v) is 8.90. The van der Waals surface area contributed by atoms with Crippen molar-refractivity contribution in [3.63, 3.8) is 0 Å². The molecule has 4 rings (SSSR count). The third-order valence-corrected chi connectivity index (χ3v) is 6.59. The standard InChI is InChI=1S/C25H32N2O2/c1-19-7-6-8-21(15-19)16-26(3)23-11-13-25(14-12-23)18-27(20(2)28)17-22-9-4-5-10-24(22)29-25/h4-10,15,23H,11-14,16-18H2,1-3H3. The maximum absolute atomic E-state index is 12.3. The van der Waals surface area contributed by atoms with Crippen LogP contribution in [0.25, 0.3) is 0 Å². The minimum absolute atomic E-state index is 0.128. The molecule has 1 amide bonds. The van der Waals surface area contributed by atoms with Gasteiger partial charge in [0, 0.05) is 31.6 Å². The number of hydrogen-bond acceptors (Lipinski definition) is 3. The molecule has 0 saturated heterocycles. The quantitative estimate of drug-likeness (QED) is 0.768. The van der Waals surface area contributed by atoms with Crippen LogP contribution in [-0.4, -0.2) is 40.9 Å². The number of nitrogens with zero attached hydrogens (tertiary/aromatic N) is 2. The highest BCUT2D eigenvalue weighted by Gasteiger charge is 2.42. The van der Waals surface area contributed by atoms with Crippen molar-refractivity contribution in [3.8, 4) is 5.75 Å². The zero-order chi connectivity index (χ0) is 20.4. The molecule has 4 heteroatoms. The average Bonchev–Trinajstić information content (AvgIpc) is 2.85. The molecule has 0 N–H and O–H groups in total. The lowest BCUT2D eigenvalue weighted by molar-refractivity contribution is -0.132. The number of aryl methyl sites for hydroxylation is 1. The van der Waals surface area contributed by atoms with Crippen molar-refractivity contribution in [1.82, 2.24) is 9.80 Å². The number of amides is 1. The predicted molar refractivity (Wildman–Crippen MR) is 116 cm³/mol. The van der Waals surface area contributed by atoms with E-state index in [0.717, 1.165) is 43.5 Å². The Morgan fingerprint density at radius 1 is 1.17 bits per heavy atom. The Hall–Kier alpha value is -2.33. The summed E-state index contributed by atoms with van der Waals surface area (Å²) in [5.74, 6) is 1.08. The fourth-order valence-corrected chi connectivity index (χ4v) is 4.89. The summed E-state index contributed by atoms with van der Waals surface area (Å²) in [6, 6.07) is 17.5. The minimum Gasteiger partial charge on any atom is -0.485 e. The average molecular weight is 393 g/mol. The lowest BCUT2D eigenvalue weighted by atomic mass is 9.81. The first kappa shape index (κ1) is 20.0. The Bertz CT molecular complexity index is 871. The van der Waals surface area contributed by atoms with E-state index >= 15 is 0 Å². The molecule has 1 fully saturated rings. The van der Waals surface area contributed by atoms with Crippen LogP contribution in [0, 0.1) is 6.92 Å². The molecular weight excluding hydrogens is 360 g/mol. The summed E-state index contributed by atoms with van der Waals surface area (Å²) < 4.78 is 6.62. The van der Waals surface area contributed by atoms with Gasteiger partial charge in [0.15, 0.2) is 0 Å². The minimum atomic E-state index is -0.265. The lowest BCUT2D eigenvalue weighted by Crippen LogP contribution is -2.51. The Morgan fingerprint density at radius 3 is 2.66 bits per heavy atom. The van der Waals surface area contributed by atoms with Gasteiger partial charge in [-0.05, 0) is 51.3 Å². The van der Waals surface area contributed by atoms with Crippen LogP contribution in [-0.2, 0) is 17.9 Å². The Morgan fingerprint density at radius 2 is 1.93 bits per heavy atom. The Labute approximate surface area is 174 Å². The summed E-state index contributed by atoms with van der Waals surface area (Å²) in [6.45, 7) is 6.12. The van der Waals surface area contributed by atoms with Crippen molar-refractivity contribution in [3.05, 3.63) is 65.2 Å². The number of hydrogen-bond donors (Lipinski definition) is 0. The smallest absolute Gasteiger partial charge is 0.219 e. The van der Waals surface area contributed by atoms with Gasteiger partial charge in [0.05, 0.1) is 6.54 Å². The second kappa shape index (κ2) is 8.19. The third kappa shape index (κ3) is 4.48. The molecule has 2 aliphatic rings. The van der Waals surface area contributed by atoms with Crippen LogP contribution in [0.4, 0.5) is 0 Å². The van der Waals surface area contributed by atoms with Gasteiger partial charge in [-0.2, -0.15) is 0 Å². The summed E-state index contributed by atoms with van der Waals surface area (Å²) in [6.07, 6.45) is 4.15. The highest BCUT2D eigenvalue weighted by Crippen LogP contribution is 2.39. The van der Waals surface area contributed by atoms with Gasteiger partial charge in [0.25, 0.3) is 0 Å². The van der Waals surface area contributed by atoms with Crippen molar-refractivity contribution in [2.24, 2.45) is 0 Å². The highest BCUT2D eigenvalue weighted by molar-refractivity contribution is 5.73. The molecule has 1 heterocycles. The maximum Gasteiger partial charge on any atom is 0.219 e. The SMILES string of the molecule is CC(=O)N1Cc2ccccc2OC2(CCC(N(C)Cc3cccc(C)c3)CC2)C1. The van der Waals surface area contributed by atoms with Gasteiger partial charge in [0.1, 0.15) is 11.4 Å². The van der Waals surface area contributed by atoms with E-state index in [-0.39, 0.29) is 11.5 Å². The van der Waals surface area contributed by atoms with Gasteiger partial charge < -0.3 is 9.64 Å². The molecule has 2 aromatic carbocycles. The summed E-state index contributed by atoms with van der Waals surface area (Å²) in [7, 11) is 2.23. The van der Waals surface area contributed by atoms with Crippen molar-refractivity contribution in [2.75, 3.05) is 13.6 Å². The molecule has 0 radical (unpaired) electrons. The molecule has 0 aromatic heterocycles. The molecule has 0 atom stereocenters. The summed E-state index contributed by atoms with van der Waals surface area (Å²) in [5, 5.41) is 0. The molecule has 4 nitrogen and oxygen atoms in total. The first-order chi connectivity index (χ1) is 13.9. The first-order valence-electron chi connectivity index (χ1n) is 10.7. The third-order valence-electron chi connectivity index (χ3n) is 6.59. The van der Waals surface area contributed by atoms with Crippen molar-refractivity contribution < 1.29 is 9.53 Å². The molecule has 0 unspecified atom stereocenters. The van der Waals surface area contributed by atoms with Crippen LogP contribution in [0.5, 0.6) is 5.75 Å². The molecule has 1 aliphatic carbocycles. The number of ether oxygens (including phenoxy) is 1. The summed E-state index contributed by atoms with van der Waals surface area (Å²) in [5.41, 5.74) is 3.53. The van der Waals surface area contributed by atoms with E-state index in [1.54, 1.807) is 6.92 Å². The highest BCUT2D eigenvalue weighted by atomic mass is 16.5. The van der Waals surface area contributed by atoms with E-state index in [0.29, 0.717) is 19.1 Å². The molecule has 1 aliphatic heterocycles. The van der Waals surface area contributed by atoms with Gasteiger partial charge in [-0.3, -0.25) is 9.69 Å². The number of carbonyl (C=O) groups is 1. The van der Waals surface area contributed by atoms with E-state index in [4.69, 9.17) is 4.74 Å². The largest absolute Gasteiger partial charge is 0.485 e. The topological polar surface area (TPSA) is 32.8 Å². The van der Waals surface area contributed by atoms with E-state index in [1.165, 1.54) is 11.1 Å². The molecule has 29 heavy (non-hydrogen) atoms. The van der Waals surface area contributed by atoms with E-state index < -0.39 is 0 Å². The molecule has 1 spiro atoms. The summed E-state index contributed by atoms with van der Waals surface area (Å²) in [4.78, 5) is 16.7. The molecule has 0 bridgehead atoms. The first-order valence-corrected chi connectivity index (χ1v) is 10.7. The van der Waals surface area contributed by atoms with E-state index in [2.05, 4.69) is 55.3 Å². The van der Waals surface area contributed by atoms with Gasteiger partial charge in [-0.15, -0.1) is 0 Å². The Kier molecular flexibility index (Phi) is 5.64. The number of benzene rings is 2.